The van der Waals surface area contributed by atoms with E-state index in [-0.39, 0.29) is 30.1 Å². The standard InChI is InChI=1S/C19H20F3N3O3/c1-4-12(2)25(16(27)10-5-13(3)26)11-14-6-8-15(9-7-14)17-23-18(28-24-17)19(20,21)22/h5-10,12H,4,11H2,1-3H3. The number of amides is 1. The van der Waals surface area contributed by atoms with E-state index in [4.69, 9.17) is 0 Å². The Balaban J connectivity index is 2.17. The van der Waals surface area contributed by atoms with Crippen molar-refractivity contribution < 1.29 is 27.3 Å². The van der Waals surface area contributed by atoms with Gasteiger partial charge in [0.1, 0.15) is 0 Å². The van der Waals surface area contributed by atoms with E-state index in [2.05, 4.69) is 14.7 Å². The van der Waals surface area contributed by atoms with Crippen molar-refractivity contribution in [1.29, 1.82) is 0 Å². The third kappa shape index (κ3) is 5.51. The summed E-state index contributed by atoms with van der Waals surface area (Å²) < 4.78 is 41.9. The third-order valence-electron chi connectivity index (χ3n) is 4.10. The first-order valence-electron chi connectivity index (χ1n) is 8.61. The summed E-state index contributed by atoms with van der Waals surface area (Å²) in [5.74, 6) is -2.09. The lowest BCUT2D eigenvalue weighted by Gasteiger charge is -2.27. The number of rotatable bonds is 7. The lowest BCUT2D eigenvalue weighted by Crippen LogP contribution is -2.36. The fourth-order valence-electron chi connectivity index (χ4n) is 2.37. The van der Waals surface area contributed by atoms with E-state index in [0.29, 0.717) is 5.56 Å². The van der Waals surface area contributed by atoms with Crippen LogP contribution in [0.3, 0.4) is 0 Å². The first-order valence-corrected chi connectivity index (χ1v) is 8.61. The number of carbonyl (C=O) groups excluding carboxylic acids is 2. The van der Waals surface area contributed by atoms with Gasteiger partial charge >= 0.3 is 12.1 Å². The first kappa shape index (κ1) is 21.3. The second kappa shape index (κ2) is 8.81. The number of nitrogens with zero attached hydrogens (tertiary/aromatic N) is 3. The van der Waals surface area contributed by atoms with Gasteiger partial charge in [-0.3, -0.25) is 9.59 Å². The Morgan fingerprint density at radius 3 is 2.36 bits per heavy atom. The van der Waals surface area contributed by atoms with Crippen LogP contribution in [0.2, 0.25) is 0 Å². The molecule has 1 amide bonds. The summed E-state index contributed by atoms with van der Waals surface area (Å²) in [4.78, 5) is 28.4. The molecular weight excluding hydrogens is 375 g/mol. The van der Waals surface area contributed by atoms with Gasteiger partial charge in [-0.1, -0.05) is 36.3 Å². The van der Waals surface area contributed by atoms with Crippen LogP contribution < -0.4 is 0 Å². The molecule has 0 fully saturated rings. The van der Waals surface area contributed by atoms with E-state index in [1.807, 2.05) is 13.8 Å². The predicted molar refractivity (Wildman–Crippen MR) is 94.9 cm³/mol. The molecule has 0 saturated carbocycles. The van der Waals surface area contributed by atoms with Gasteiger partial charge in [0.2, 0.25) is 11.7 Å². The van der Waals surface area contributed by atoms with Crippen LogP contribution >= 0.6 is 0 Å². The minimum atomic E-state index is -4.70. The maximum Gasteiger partial charge on any atom is 0.471 e. The van der Waals surface area contributed by atoms with Crippen LogP contribution in [0.25, 0.3) is 11.4 Å². The molecule has 1 heterocycles. The summed E-state index contributed by atoms with van der Waals surface area (Å²) in [6.07, 6.45) is -1.52. The summed E-state index contributed by atoms with van der Waals surface area (Å²) >= 11 is 0. The van der Waals surface area contributed by atoms with Crippen molar-refractivity contribution in [2.45, 2.75) is 46.0 Å². The highest BCUT2D eigenvalue weighted by Crippen LogP contribution is 2.29. The molecule has 0 bridgehead atoms. The number of hydrogen-bond acceptors (Lipinski definition) is 5. The molecule has 0 radical (unpaired) electrons. The van der Waals surface area contributed by atoms with Crippen molar-refractivity contribution in [3.05, 3.63) is 47.9 Å². The Kier molecular flexibility index (Phi) is 6.71. The minimum Gasteiger partial charge on any atom is -0.332 e. The normalized spacial score (nSPS) is 12.9. The zero-order valence-electron chi connectivity index (χ0n) is 15.7. The molecule has 0 N–H and O–H groups in total. The topological polar surface area (TPSA) is 76.3 Å². The molecule has 1 unspecified atom stereocenters. The number of halogens is 3. The average Bonchev–Trinajstić information content (AvgIpc) is 3.14. The largest absolute Gasteiger partial charge is 0.471 e. The highest BCUT2D eigenvalue weighted by atomic mass is 19.4. The zero-order chi connectivity index (χ0) is 20.9. The van der Waals surface area contributed by atoms with E-state index < -0.39 is 12.1 Å². The van der Waals surface area contributed by atoms with Gasteiger partial charge in [0.15, 0.2) is 5.78 Å². The number of benzene rings is 1. The number of ketones is 1. The van der Waals surface area contributed by atoms with Gasteiger partial charge in [-0.2, -0.15) is 18.2 Å². The van der Waals surface area contributed by atoms with Crippen molar-refractivity contribution in [3.8, 4) is 11.4 Å². The SMILES string of the molecule is CCC(C)N(Cc1ccc(-c2noc(C(F)(F)F)n2)cc1)C(=O)C=CC(C)=O. The monoisotopic (exact) mass is 395 g/mol. The number of alkyl halides is 3. The Morgan fingerprint density at radius 1 is 1.21 bits per heavy atom. The fourth-order valence-corrected chi connectivity index (χ4v) is 2.37. The molecular formula is C19H20F3N3O3. The lowest BCUT2D eigenvalue weighted by atomic mass is 10.1. The highest BCUT2D eigenvalue weighted by Gasteiger charge is 2.38. The smallest absolute Gasteiger partial charge is 0.332 e. The van der Waals surface area contributed by atoms with E-state index in [9.17, 15) is 22.8 Å². The van der Waals surface area contributed by atoms with E-state index in [0.717, 1.165) is 12.0 Å². The second-order valence-electron chi connectivity index (χ2n) is 6.29. The van der Waals surface area contributed by atoms with Crippen LogP contribution in [0.1, 0.15) is 38.6 Å². The maximum atomic E-state index is 12.6. The molecule has 6 nitrogen and oxygen atoms in total. The Bertz CT molecular complexity index is 857. The van der Waals surface area contributed by atoms with Crippen molar-refractivity contribution in [3.63, 3.8) is 0 Å². The average molecular weight is 395 g/mol. The summed E-state index contributed by atoms with van der Waals surface area (Å²) in [6, 6.07) is 6.41. The number of carbonyl (C=O) groups is 2. The molecule has 150 valence electrons. The fraction of sp³-hybridized carbons (Fsp3) is 0.368. The van der Waals surface area contributed by atoms with Crippen molar-refractivity contribution in [2.75, 3.05) is 0 Å². The molecule has 1 aromatic carbocycles. The highest BCUT2D eigenvalue weighted by molar-refractivity contribution is 5.96. The van der Waals surface area contributed by atoms with Crippen LogP contribution in [-0.4, -0.2) is 32.8 Å². The van der Waals surface area contributed by atoms with E-state index in [1.54, 1.807) is 29.2 Å². The van der Waals surface area contributed by atoms with Crippen molar-refractivity contribution in [1.82, 2.24) is 15.0 Å². The van der Waals surface area contributed by atoms with E-state index in [1.165, 1.54) is 19.1 Å². The van der Waals surface area contributed by atoms with Crippen LogP contribution in [0.15, 0.2) is 40.9 Å². The van der Waals surface area contributed by atoms with Gasteiger partial charge in [-0.05, 0) is 31.9 Å². The van der Waals surface area contributed by atoms with Gasteiger partial charge < -0.3 is 9.42 Å². The minimum absolute atomic E-state index is 0.0599. The molecule has 0 aliphatic rings. The predicted octanol–water partition coefficient (Wildman–Crippen LogP) is 4.03. The summed E-state index contributed by atoms with van der Waals surface area (Å²) in [5.41, 5.74) is 1.13. The zero-order valence-corrected chi connectivity index (χ0v) is 15.7. The molecule has 2 rings (SSSR count). The van der Waals surface area contributed by atoms with Gasteiger partial charge in [-0.15, -0.1) is 0 Å². The Labute approximate surface area is 160 Å². The summed E-state index contributed by atoms with van der Waals surface area (Å²) in [5, 5.41) is 3.34. The molecule has 1 aromatic heterocycles. The van der Waals surface area contributed by atoms with Crippen LogP contribution in [0, 0.1) is 0 Å². The second-order valence-corrected chi connectivity index (χ2v) is 6.29. The molecule has 0 saturated heterocycles. The number of aromatic nitrogens is 2. The Hall–Kier alpha value is -2.97. The molecule has 28 heavy (non-hydrogen) atoms. The van der Waals surface area contributed by atoms with Gasteiger partial charge in [0.25, 0.3) is 0 Å². The quantitative estimate of drug-likeness (QED) is 0.662. The van der Waals surface area contributed by atoms with Crippen LogP contribution in [0.4, 0.5) is 13.2 Å². The number of hydrogen-bond donors (Lipinski definition) is 0. The van der Waals surface area contributed by atoms with Gasteiger partial charge in [-0.25, -0.2) is 0 Å². The summed E-state index contributed by atoms with van der Waals surface area (Å²) in [7, 11) is 0. The molecule has 9 heteroatoms. The molecule has 2 aromatic rings. The first-order chi connectivity index (χ1) is 13.1. The van der Waals surface area contributed by atoms with Crippen molar-refractivity contribution in [2.24, 2.45) is 0 Å². The van der Waals surface area contributed by atoms with Gasteiger partial charge in [0.05, 0.1) is 0 Å². The third-order valence-corrected chi connectivity index (χ3v) is 4.10. The van der Waals surface area contributed by atoms with Crippen LogP contribution in [-0.2, 0) is 22.3 Å². The van der Waals surface area contributed by atoms with Crippen LogP contribution in [0.5, 0.6) is 0 Å². The molecule has 0 aliphatic carbocycles. The molecule has 0 aliphatic heterocycles. The molecule has 0 spiro atoms. The summed E-state index contributed by atoms with van der Waals surface area (Å²) in [6.45, 7) is 5.48. The van der Waals surface area contributed by atoms with Crippen molar-refractivity contribution >= 4 is 11.7 Å². The maximum absolute atomic E-state index is 12.6. The lowest BCUT2D eigenvalue weighted by molar-refractivity contribution is -0.159. The number of allylic oxidation sites excluding steroid dienone is 1. The Morgan fingerprint density at radius 2 is 1.86 bits per heavy atom. The molecule has 1 atom stereocenters. The van der Waals surface area contributed by atoms with E-state index >= 15 is 0 Å². The van der Waals surface area contributed by atoms with Gasteiger partial charge in [0, 0.05) is 24.2 Å².